The van der Waals surface area contributed by atoms with E-state index in [9.17, 15) is 19.6 Å². The maximum atomic E-state index is 13.0. The largest absolute Gasteiger partial charge is 0.458 e. The summed E-state index contributed by atoms with van der Waals surface area (Å²) in [5.74, 6) is -0.547. The molecule has 0 aromatic carbocycles. The number of amides is 2. The van der Waals surface area contributed by atoms with E-state index >= 15 is 0 Å². The van der Waals surface area contributed by atoms with Gasteiger partial charge in [-0.15, -0.1) is 0 Å². The lowest BCUT2D eigenvalue weighted by Crippen LogP contribution is -2.51. The van der Waals surface area contributed by atoms with Crippen LogP contribution < -0.4 is 0 Å². The van der Waals surface area contributed by atoms with E-state index < -0.39 is 0 Å². The minimum Gasteiger partial charge on any atom is -0.458 e. The number of nitriles is 1. The standard InChI is InChI=1S/C27H38N2O4/c1-16(2)25(31)29-13-11-27(6)19(15-23(29)30)9-10-21-20(8-7-12-28)18(5)14-22(24(21)27)33-26(32)17(3)4/h14-17,20-22,24H,7-11,13H2,1-6H3/t20-,21+,22-,24-,27+/m1/s1. The molecule has 2 aliphatic carbocycles. The molecule has 1 fully saturated rings. The summed E-state index contributed by atoms with van der Waals surface area (Å²) < 4.78 is 6.07. The molecule has 0 saturated heterocycles. The zero-order chi connectivity index (χ0) is 24.5. The zero-order valence-corrected chi connectivity index (χ0v) is 20.9. The fraction of sp³-hybridized carbons (Fsp3) is 0.704. The molecule has 180 valence electrons. The number of nitrogens with zero attached hydrogens (tertiary/aromatic N) is 2. The predicted octanol–water partition coefficient (Wildman–Crippen LogP) is 4.81. The average molecular weight is 455 g/mol. The SMILES string of the molecule is CC1=C[C@@H](OC(=O)C(C)C)[C@H]2[C@@H](CCC3=CC(=O)N(C(=O)C(C)C)CC[C@@]32C)[C@@H]1CCC#N. The summed E-state index contributed by atoms with van der Waals surface area (Å²) in [7, 11) is 0. The van der Waals surface area contributed by atoms with E-state index in [1.54, 1.807) is 6.08 Å². The number of hydrogen-bond acceptors (Lipinski definition) is 5. The Labute approximate surface area is 198 Å². The van der Waals surface area contributed by atoms with E-state index in [1.807, 2.05) is 27.7 Å². The first kappa shape index (κ1) is 25.2. The van der Waals surface area contributed by atoms with Crippen LogP contribution in [0.3, 0.4) is 0 Å². The number of carbonyl (C=O) groups is 3. The Morgan fingerprint density at radius 3 is 2.58 bits per heavy atom. The molecular weight excluding hydrogens is 416 g/mol. The topological polar surface area (TPSA) is 87.5 Å². The molecule has 0 aromatic rings. The molecule has 0 spiro atoms. The molecule has 0 bridgehead atoms. The first-order valence-electron chi connectivity index (χ1n) is 12.3. The molecule has 1 heterocycles. The van der Waals surface area contributed by atoms with E-state index in [0.29, 0.717) is 19.4 Å². The molecule has 0 aromatic heterocycles. The fourth-order valence-corrected chi connectivity index (χ4v) is 6.17. The minimum absolute atomic E-state index is 0.00879. The quantitative estimate of drug-likeness (QED) is 0.439. The third-order valence-electron chi connectivity index (χ3n) is 8.03. The van der Waals surface area contributed by atoms with Gasteiger partial charge in [-0.1, -0.05) is 45.8 Å². The summed E-state index contributed by atoms with van der Waals surface area (Å²) in [6, 6.07) is 2.29. The maximum absolute atomic E-state index is 13.0. The number of hydrogen-bond donors (Lipinski definition) is 0. The molecule has 0 unspecified atom stereocenters. The smallest absolute Gasteiger partial charge is 0.308 e. The van der Waals surface area contributed by atoms with Gasteiger partial charge in [-0.2, -0.15) is 5.26 Å². The lowest BCUT2D eigenvalue weighted by molar-refractivity contribution is -0.159. The molecule has 0 radical (unpaired) electrons. The summed E-state index contributed by atoms with van der Waals surface area (Å²) >= 11 is 0. The van der Waals surface area contributed by atoms with Crippen molar-refractivity contribution in [3.63, 3.8) is 0 Å². The molecule has 1 aliphatic heterocycles. The molecule has 1 saturated carbocycles. The third kappa shape index (κ3) is 4.78. The van der Waals surface area contributed by atoms with E-state index in [4.69, 9.17) is 4.74 Å². The van der Waals surface area contributed by atoms with Crippen molar-refractivity contribution in [1.82, 2.24) is 4.90 Å². The summed E-state index contributed by atoms with van der Waals surface area (Å²) in [5, 5.41) is 9.22. The highest BCUT2D eigenvalue weighted by atomic mass is 16.5. The van der Waals surface area contributed by atoms with Gasteiger partial charge in [-0.05, 0) is 55.9 Å². The second-order valence-corrected chi connectivity index (χ2v) is 10.8. The van der Waals surface area contributed by atoms with E-state index in [0.717, 1.165) is 24.8 Å². The van der Waals surface area contributed by atoms with Gasteiger partial charge in [-0.25, -0.2) is 0 Å². The van der Waals surface area contributed by atoms with Crippen LogP contribution in [0.1, 0.15) is 73.6 Å². The Balaban J connectivity index is 2.04. The monoisotopic (exact) mass is 454 g/mol. The highest BCUT2D eigenvalue weighted by Gasteiger charge is 2.54. The summed E-state index contributed by atoms with van der Waals surface area (Å²) in [6.45, 7) is 11.9. The molecule has 6 heteroatoms. The van der Waals surface area contributed by atoms with Crippen molar-refractivity contribution < 1.29 is 19.1 Å². The molecule has 2 amide bonds. The van der Waals surface area contributed by atoms with E-state index in [-0.39, 0.29) is 58.9 Å². The van der Waals surface area contributed by atoms with Crippen LogP contribution in [0.4, 0.5) is 0 Å². The second-order valence-electron chi connectivity index (χ2n) is 10.8. The van der Waals surface area contributed by atoms with Gasteiger partial charge in [0.1, 0.15) is 6.10 Å². The van der Waals surface area contributed by atoms with Crippen LogP contribution in [0.5, 0.6) is 0 Å². The van der Waals surface area contributed by atoms with Crippen molar-refractivity contribution in [2.75, 3.05) is 6.54 Å². The molecular formula is C27H38N2O4. The van der Waals surface area contributed by atoms with E-state index in [1.165, 1.54) is 10.5 Å². The van der Waals surface area contributed by atoms with Gasteiger partial charge >= 0.3 is 5.97 Å². The number of ether oxygens (including phenoxy) is 1. The molecule has 0 N–H and O–H groups in total. The number of rotatable bonds is 5. The van der Waals surface area contributed by atoms with Gasteiger partial charge < -0.3 is 4.74 Å². The lowest BCUT2D eigenvalue weighted by Gasteiger charge is -2.54. The van der Waals surface area contributed by atoms with Crippen LogP contribution in [0.25, 0.3) is 0 Å². The van der Waals surface area contributed by atoms with Crippen molar-refractivity contribution in [1.29, 1.82) is 5.26 Å². The number of fused-ring (bicyclic) bond motifs is 3. The van der Waals surface area contributed by atoms with Crippen LogP contribution in [0.2, 0.25) is 0 Å². The number of esters is 1. The first-order chi connectivity index (χ1) is 15.5. The van der Waals surface area contributed by atoms with Crippen LogP contribution in [-0.2, 0) is 19.1 Å². The maximum Gasteiger partial charge on any atom is 0.308 e. The van der Waals surface area contributed by atoms with E-state index in [2.05, 4.69) is 26.0 Å². The number of carbonyl (C=O) groups excluding carboxylic acids is 3. The number of imide groups is 1. The molecule has 6 nitrogen and oxygen atoms in total. The van der Waals surface area contributed by atoms with Gasteiger partial charge in [-0.3, -0.25) is 19.3 Å². The Hall–Kier alpha value is -2.42. The summed E-state index contributed by atoms with van der Waals surface area (Å²) in [6.07, 6.45) is 6.99. The Bertz CT molecular complexity index is 910. The van der Waals surface area contributed by atoms with Gasteiger partial charge in [0.2, 0.25) is 5.91 Å². The predicted molar refractivity (Wildman–Crippen MR) is 125 cm³/mol. The van der Waals surface area contributed by atoms with Gasteiger partial charge in [0.25, 0.3) is 5.91 Å². The first-order valence-corrected chi connectivity index (χ1v) is 12.3. The van der Waals surface area contributed by atoms with Crippen molar-refractivity contribution in [3.05, 3.63) is 23.3 Å². The Morgan fingerprint density at radius 1 is 1.27 bits per heavy atom. The summed E-state index contributed by atoms with van der Waals surface area (Å²) in [5.41, 5.74) is 1.88. The highest BCUT2D eigenvalue weighted by molar-refractivity contribution is 6.02. The molecule has 3 aliphatic rings. The average Bonchev–Trinajstić information content (AvgIpc) is 2.87. The fourth-order valence-electron chi connectivity index (χ4n) is 6.17. The van der Waals surface area contributed by atoms with Crippen LogP contribution >= 0.6 is 0 Å². The van der Waals surface area contributed by atoms with Crippen LogP contribution in [0, 0.1) is 46.3 Å². The van der Waals surface area contributed by atoms with Crippen molar-refractivity contribution in [2.24, 2.45) is 35.0 Å². The minimum atomic E-state index is -0.376. The van der Waals surface area contributed by atoms with Crippen molar-refractivity contribution >= 4 is 17.8 Å². The lowest BCUT2D eigenvalue weighted by atomic mass is 9.51. The van der Waals surface area contributed by atoms with Crippen molar-refractivity contribution in [2.45, 2.75) is 79.8 Å². The van der Waals surface area contributed by atoms with Crippen molar-refractivity contribution in [3.8, 4) is 6.07 Å². The second kappa shape index (κ2) is 9.83. The Kier molecular flexibility index (Phi) is 7.51. The Morgan fingerprint density at radius 2 is 1.97 bits per heavy atom. The molecule has 5 atom stereocenters. The summed E-state index contributed by atoms with van der Waals surface area (Å²) in [4.78, 5) is 39.8. The third-order valence-corrected chi connectivity index (χ3v) is 8.03. The van der Waals surface area contributed by atoms with Gasteiger partial charge in [0.05, 0.1) is 12.0 Å². The highest BCUT2D eigenvalue weighted by Crippen LogP contribution is 2.58. The van der Waals surface area contributed by atoms with Crippen LogP contribution in [0.15, 0.2) is 23.3 Å². The van der Waals surface area contributed by atoms with Crippen LogP contribution in [-0.4, -0.2) is 35.3 Å². The van der Waals surface area contributed by atoms with Gasteiger partial charge in [0, 0.05) is 30.9 Å². The zero-order valence-electron chi connectivity index (χ0n) is 20.9. The normalized spacial score (nSPS) is 31.7. The molecule has 33 heavy (non-hydrogen) atoms. The molecule has 3 rings (SSSR count). The number of allylic oxidation sites excluding steroid dienone is 2. The van der Waals surface area contributed by atoms with Gasteiger partial charge in [0.15, 0.2) is 0 Å².